The summed E-state index contributed by atoms with van der Waals surface area (Å²) < 4.78 is 7.09. The van der Waals surface area contributed by atoms with Crippen LogP contribution in [-0.4, -0.2) is 34.6 Å². The van der Waals surface area contributed by atoms with Crippen LogP contribution < -0.4 is 5.32 Å². The highest BCUT2D eigenvalue weighted by Gasteiger charge is 2.18. The first-order valence-electron chi connectivity index (χ1n) is 8.53. The van der Waals surface area contributed by atoms with Gasteiger partial charge in [-0.2, -0.15) is 0 Å². The van der Waals surface area contributed by atoms with Crippen molar-refractivity contribution in [3.05, 3.63) is 64.7 Å². The van der Waals surface area contributed by atoms with E-state index in [2.05, 4.69) is 21.4 Å². The average molecular weight is 352 g/mol. The molecule has 26 heavy (non-hydrogen) atoms. The van der Waals surface area contributed by atoms with Crippen LogP contribution >= 0.6 is 0 Å². The first kappa shape index (κ1) is 17.9. The molecule has 6 heteroatoms. The number of aromatic nitrogens is 2. The van der Waals surface area contributed by atoms with Crippen LogP contribution in [0.2, 0.25) is 0 Å². The van der Waals surface area contributed by atoms with Crippen LogP contribution in [0.25, 0.3) is 5.82 Å². The van der Waals surface area contributed by atoms with Crippen LogP contribution in [0.3, 0.4) is 0 Å². The minimum absolute atomic E-state index is 0.133. The molecule has 136 valence electrons. The van der Waals surface area contributed by atoms with Crippen molar-refractivity contribution < 1.29 is 9.32 Å². The van der Waals surface area contributed by atoms with E-state index >= 15 is 0 Å². The highest BCUT2D eigenvalue weighted by molar-refractivity contribution is 6.05. The maximum absolute atomic E-state index is 12.8. The van der Waals surface area contributed by atoms with Crippen molar-refractivity contribution in [2.75, 3.05) is 19.4 Å². The summed E-state index contributed by atoms with van der Waals surface area (Å²) in [7, 11) is 4.04. The topological polar surface area (TPSA) is 63.3 Å². The molecule has 1 amide bonds. The normalized spacial score (nSPS) is 11.2. The molecule has 0 radical (unpaired) electrons. The Morgan fingerprint density at radius 2 is 1.96 bits per heavy atom. The second-order valence-corrected chi connectivity index (χ2v) is 6.81. The van der Waals surface area contributed by atoms with Gasteiger partial charge in [0.2, 0.25) is 0 Å². The second kappa shape index (κ2) is 7.17. The second-order valence-electron chi connectivity index (χ2n) is 6.81. The number of nitrogens with zero attached hydrogens (tertiary/aromatic N) is 3. The molecule has 0 bridgehead atoms. The van der Waals surface area contributed by atoms with Gasteiger partial charge in [-0.1, -0.05) is 17.3 Å². The van der Waals surface area contributed by atoms with E-state index in [0.717, 1.165) is 34.9 Å². The highest BCUT2D eigenvalue weighted by Crippen LogP contribution is 2.22. The third kappa shape index (κ3) is 3.70. The number of amides is 1. The van der Waals surface area contributed by atoms with Crippen molar-refractivity contribution in [3.8, 4) is 5.82 Å². The largest absolute Gasteiger partial charge is 0.360 e. The molecule has 6 nitrogen and oxygen atoms in total. The van der Waals surface area contributed by atoms with E-state index in [-0.39, 0.29) is 5.91 Å². The zero-order chi connectivity index (χ0) is 18.8. The predicted octanol–water partition coefficient (Wildman–Crippen LogP) is 3.70. The lowest BCUT2D eigenvalue weighted by Crippen LogP contribution is -2.14. The quantitative estimate of drug-likeness (QED) is 0.760. The number of rotatable bonds is 5. The summed E-state index contributed by atoms with van der Waals surface area (Å²) in [4.78, 5) is 14.9. The molecule has 0 aliphatic rings. The number of aryl methyl sites for hydroxylation is 2. The Kier molecular flexibility index (Phi) is 4.95. The van der Waals surface area contributed by atoms with Crippen molar-refractivity contribution in [2.45, 2.75) is 27.3 Å². The van der Waals surface area contributed by atoms with Crippen molar-refractivity contribution in [3.63, 3.8) is 0 Å². The fourth-order valence-corrected chi connectivity index (χ4v) is 3.11. The smallest absolute Gasteiger partial charge is 0.257 e. The van der Waals surface area contributed by atoms with Gasteiger partial charge in [-0.3, -0.25) is 9.36 Å². The molecule has 0 spiro atoms. The van der Waals surface area contributed by atoms with Crippen LogP contribution in [0.15, 0.2) is 40.9 Å². The van der Waals surface area contributed by atoms with Crippen molar-refractivity contribution in [1.29, 1.82) is 0 Å². The van der Waals surface area contributed by atoms with Gasteiger partial charge >= 0.3 is 0 Å². The standard InChI is InChI=1S/C20H24N4O2/c1-13-9-18(15(3)24(13)19-10-14(2)26-22-19)20(25)21-17-8-6-7-16(11-17)12-23(4)5/h6-11H,12H2,1-5H3,(H,21,25). The van der Waals surface area contributed by atoms with E-state index < -0.39 is 0 Å². The third-order valence-corrected chi connectivity index (χ3v) is 4.20. The molecular formula is C20H24N4O2. The number of carbonyl (C=O) groups excluding carboxylic acids is 1. The third-order valence-electron chi connectivity index (χ3n) is 4.20. The van der Waals surface area contributed by atoms with Crippen LogP contribution in [0, 0.1) is 20.8 Å². The van der Waals surface area contributed by atoms with Crippen LogP contribution in [0.5, 0.6) is 0 Å². The molecule has 0 saturated carbocycles. The first-order chi connectivity index (χ1) is 12.3. The van der Waals surface area contributed by atoms with Gasteiger partial charge in [0.05, 0.1) is 5.56 Å². The Balaban J connectivity index is 1.85. The van der Waals surface area contributed by atoms with E-state index in [1.807, 2.05) is 69.8 Å². The molecule has 3 aromatic rings. The van der Waals surface area contributed by atoms with E-state index in [1.165, 1.54) is 0 Å². The minimum atomic E-state index is -0.133. The van der Waals surface area contributed by atoms with Crippen LogP contribution in [0.1, 0.15) is 33.1 Å². The van der Waals surface area contributed by atoms with Gasteiger partial charge in [0.25, 0.3) is 5.91 Å². The minimum Gasteiger partial charge on any atom is -0.360 e. The Hall–Kier alpha value is -2.86. The Labute approximate surface area is 153 Å². The van der Waals surface area contributed by atoms with E-state index in [0.29, 0.717) is 11.4 Å². The van der Waals surface area contributed by atoms with Gasteiger partial charge < -0.3 is 14.7 Å². The summed E-state index contributed by atoms with van der Waals surface area (Å²) >= 11 is 0. The predicted molar refractivity (Wildman–Crippen MR) is 102 cm³/mol. The van der Waals surface area contributed by atoms with Crippen LogP contribution in [0.4, 0.5) is 5.69 Å². The van der Waals surface area contributed by atoms with Gasteiger partial charge in [-0.25, -0.2) is 0 Å². The first-order valence-corrected chi connectivity index (χ1v) is 8.53. The van der Waals surface area contributed by atoms with Crippen LogP contribution in [-0.2, 0) is 6.54 Å². The van der Waals surface area contributed by atoms with Crippen molar-refractivity contribution in [2.24, 2.45) is 0 Å². The summed E-state index contributed by atoms with van der Waals surface area (Å²) in [6.45, 7) is 6.53. The van der Waals surface area contributed by atoms with Gasteiger partial charge in [0.15, 0.2) is 5.82 Å². The molecule has 0 aliphatic heterocycles. The molecule has 3 rings (SSSR count). The van der Waals surface area contributed by atoms with Gasteiger partial charge in [0.1, 0.15) is 5.76 Å². The fraction of sp³-hybridized carbons (Fsp3) is 0.300. The molecule has 2 heterocycles. The van der Waals surface area contributed by atoms with Crippen molar-refractivity contribution >= 4 is 11.6 Å². The molecule has 0 saturated heterocycles. The monoisotopic (exact) mass is 352 g/mol. The lowest BCUT2D eigenvalue weighted by molar-refractivity contribution is 0.102. The molecule has 1 aromatic carbocycles. The number of benzene rings is 1. The van der Waals surface area contributed by atoms with Gasteiger partial charge in [0, 0.05) is 29.7 Å². The lowest BCUT2D eigenvalue weighted by Gasteiger charge is -2.11. The Bertz CT molecular complexity index is 937. The molecule has 2 aromatic heterocycles. The van der Waals surface area contributed by atoms with Gasteiger partial charge in [-0.15, -0.1) is 0 Å². The fourth-order valence-electron chi connectivity index (χ4n) is 3.11. The molecule has 0 aliphatic carbocycles. The van der Waals surface area contributed by atoms with E-state index in [1.54, 1.807) is 0 Å². The SMILES string of the molecule is Cc1cc(-n2c(C)cc(C(=O)Nc3cccc(CN(C)C)c3)c2C)no1. The number of anilines is 1. The maximum atomic E-state index is 12.8. The molecular weight excluding hydrogens is 328 g/mol. The summed E-state index contributed by atoms with van der Waals surface area (Å²) in [6.07, 6.45) is 0. The lowest BCUT2D eigenvalue weighted by atomic mass is 10.1. The van der Waals surface area contributed by atoms with Crippen molar-refractivity contribution in [1.82, 2.24) is 14.6 Å². The van der Waals surface area contributed by atoms with E-state index in [9.17, 15) is 4.79 Å². The summed E-state index contributed by atoms with van der Waals surface area (Å²) in [5.41, 5.74) is 4.33. The molecule has 0 unspecified atom stereocenters. The number of hydrogen-bond acceptors (Lipinski definition) is 4. The number of nitrogens with one attached hydrogen (secondary N) is 1. The zero-order valence-corrected chi connectivity index (χ0v) is 15.8. The summed E-state index contributed by atoms with van der Waals surface area (Å²) in [5.74, 6) is 1.28. The summed E-state index contributed by atoms with van der Waals surface area (Å²) in [5, 5.41) is 7.05. The number of hydrogen-bond donors (Lipinski definition) is 1. The number of carbonyl (C=O) groups is 1. The Morgan fingerprint density at radius 1 is 1.19 bits per heavy atom. The Morgan fingerprint density at radius 3 is 2.62 bits per heavy atom. The van der Waals surface area contributed by atoms with Gasteiger partial charge in [-0.05, 0) is 58.6 Å². The maximum Gasteiger partial charge on any atom is 0.257 e. The molecule has 1 N–H and O–H groups in total. The average Bonchev–Trinajstić information content (AvgIpc) is 3.10. The molecule has 0 atom stereocenters. The highest BCUT2D eigenvalue weighted by atomic mass is 16.5. The summed E-state index contributed by atoms with van der Waals surface area (Å²) in [6, 6.07) is 11.6. The molecule has 0 fully saturated rings. The zero-order valence-electron chi connectivity index (χ0n) is 15.8. The van der Waals surface area contributed by atoms with E-state index in [4.69, 9.17) is 4.52 Å².